The van der Waals surface area contributed by atoms with E-state index in [1.54, 1.807) is 4.68 Å². The fraction of sp³-hybridized carbons (Fsp3) is 0.458. The van der Waals surface area contributed by atoms with Crippen LogP contribution in [0, 0.1) is 0 Å². The maximum Gasteiger partial charge on any atom is 0.306 e. The average molecular weight is 444 g/mol. The van der Waals surface area contributed by atoms with E-state index in [-0.39, 0.29) is 17.6 Å². The Bertz CT molecular complexity index is 1080. The monoisotopic (exact) mass is 443 g/mol. The molecule has 0 unspecified atom stereocenters. The van der Waals surface area contributed by atoms with Gasteiger partial charge < -0.3 is 9.64 Å². The van der Waals surface area contributed by atoms with Crippen molar-refractivity contribution in [1.82, 2.24) is 14.7 Å². The Morgan fingerprint density at radius 2 is 1.81 bits per heavy atom. The van der Waals surface area contributed by atoms with Gasteiger partial charge in [0.25, 0.3) is 5.56 Å². The Balaban J connectivity index is 1.87. The number of carbonyl (C=O) groups is 1. The molecule has 6 nitrogen and oxygen atoms in total. The smallest absolute Gasteiger partial charge is 0.306 e. The molecule has 1 aliphatic rings. The Morgan fingerprint density at radius 3 is 2.39 bits per heavy atom. The van der Waals surface area contributed by atoms with E-state index in [1.165, 1.54) is 7.11 Å². The van der Waals surface area contributed by atoms with Crippen molar-refractivity contribution in [3.8, 4) is 0 Å². The maximum absolute atomic E-state index is 13.2. The van der Waals surface area contributed by atoms with Gasteiger partial charge in [-0.3, -0.25) is 9.59 Å². The van der Waals surface area contributed by atoms with Gasteiger partial charge in [-0.1, -0.05) is 35.9 Å². The molecular formula is C24H30ClN3O3. The van der Waals surface area contributed by atoms with Crippen LogP contribution in [0.4, 0.5) is 0 Å². The molecule has 1 aromatic heterocycles. The summed E-state index contributed by atoms with van der Waals surface area (Å²) in [5, 5.41) is 7.13. The largest absolute Gasteiger partial charge is 0.469 e. The first kappa shape index (κ1) is 23.2. The molecule has 0 aliphatic carbocycles. The van der Waals surface area contributed by atoms with E-state index in [0.717, 1.165) is 42.4 Å². The Morgan fingerprint density at radius 1 is 1.16 bits per heavy atom. The lowest BCUT2D eigenvalue weighted by Crippen LogP contribution is -2.50. The van der Waals surface area contributed by atoms with Crippen LogP contribution in [0.1, 0.15) is 50.4 Å². The van der Waals surface area contributed by atoms with Crippen molar-refractivity contribution in [3.63, 3.8) is 0 Å². The first-order chi connectivity index (χ1) is 15.0. The van der Waals surface area contributed by atoms with Crippen LogP contribution in [0.15, 0.2) is 29.1 Å². The summed E-state index contributed by atoms with van der Waals surface area (Å²) >= 11 is 6.03. The van der Waals surface area contributed by atoms with Crippen LogP contribution in [0.5, 0.6) is 0 Å². The highest BCUT2D eigenvalue weighted by atomic mass is 35.5. The minimum atomic E-state index is -0.193. The molecule has 0 amide bonds. The first-order valence-electron chi connectivity index (χ1n) is 10.7. The molecule has 0 bridgehead atoms. The summed E-state index contributed by atoms with van der Waals surface area (Å²) in [5.41, 5.74) is 1.96. The van der Waals surface area contributed by atoms with E-state index in [1.807, 2.05) is 50.3 Å². The molecule has 0 N–H and O–H groups in total. The lowest BCUT2D eigenvalue weighted by atomic mass is 10.0. The van der Waals surface area contributed by atoms with E-state index in [9.17, 15) is 9.59 Å². The molecular weight excluding hydrogens is 414 g/mol. The van der Waals surface area contributed by atoms with Gasteiger partial charge in [-0.25, -0.2) is 4.68 Å². The number of carbonyl (C=O) groups excluding carboxylic acids is 1. The van der Waals surface area contributed by atoms with Gasteiger partial charge >= 0.3 is 5.97 Å². The molecule has 2 heterocycles. The first-order valence-corrected chi connectivity index (χ1v) is 11.1. The minimum absolute atomic E-state index is 0.0385. The molecule has 1 aliphatic heterocycles. The third-order valence-electron chi connectivity index (χ3n) is 5.89. The number of rotatable bonds is 6. The quantitative estimate of drug-likeness (QED) is 0.641. The molecule has 1 fully saturated rings. The van der Waals surface area contributed by atoms with E-state index >= 15 is 0 Å². The molecule has 31 heavy (non-hydrogen) atoms. The zero-order chi connectivity index (χ0) is 22.4. The number of esters is 1. The van der Waals surface area contributed by atoms with Crippen molar-refractivity contribution in [2.75, 3.05) is 26.7 Å². The zero-order valence-corrected chi connectivity index (χ0v) is 19.2. The molecule has 0 atom stereocenters. The van der Waals surface area contributed by atoms with Crippen molar-refractivity contribution < 1.29 is 9.53 Å². The van der Waals surface area contributed by atoms with Gasteiger partial charge in [-0.15, -0.1) is 0 Å². The molecule has 7 heteroatoms. The third kappa shape index (κ3) is 5.63. The Labute approximate surface area is 187 Å². The predicted octanol–water partition coefficient (Wildman–Crippen LogP) is 2.29. The highest BCUT2D eigenvalue weighted by Crippen LogP contribution is 2.20. The molecule has 1 saturated heterocycles. The average Bonchev–Trinajstić information content (AvgIpc) is 2.79. The summed E-state index contributed by atoms with van der Waals surface area (Å²) < 4.78 is 6.41. The minimum Gasteiger partial charge on any atom is -0.469 e. The zero-order valence-electron chi connectivity index (χ0n) is 18.4. The number of benzene rings is 1. The molecule has 0 saturated carbocycles. The topological polar surface area (TPSA) is 64.4 Å². The van der Waals surface area contributed by atoms with Crippen LogP contribution in [0.2, 0.25) is 5.02 Å². The fourth-order valence-corrected chi connectivity index (χ4v) is 4.26. The number of aromatic nitrogens is 2. The van der Waals surface area contributed by atoms with Crippen molar-refractivity contribution in [1.29, 1.82) is 0 Å². The van der Waals surface area contributed by atoms with Gasteiger partial charge in [-0.05, 0) is 44.4 Å². The van der Waals surface area contributed by atoms with E-state index < -0.39 is 0 Å². The SMILES string of the molecule is C/C=c1/c(Cc2ccc(Cl)cc2)nn(C2CCN(CCC(=O)OC)CC2)c(=O)/c1=C/C. The van der Waals surface area contributed by atoms with Crippen molar-refractivity contribution in [2.45, 2.75) is 45.6 Å². The fourth-order valence-electron chi connectivity index (χ4n) is 4.14. The second-order valence-electron chi connectivity index (χ2n) is 7.80. The normalized spacial score (nSPS) is 16.6. The second-order valence-corrected chi connectivity index (χ2v) is 8.24. The lowest BCUT2D eigenvalue weighted by molar-refractivity contribution is -0.141. The number of nitrogens with zero attached hydrogens (tertiary/aromatic N) is 3. The number of methoxy groups -OCH3 is 1. The number of hydrogen-bond donors (Lipinski definition) is 0. The van der Waals surface area contributed by atoms with Crippen molar-refractivity contribution >= 4 is 29.7 Å². The molecule has 1 aromatic carbocycles. The van der Waals surface area contributed by atoms with Gasteiger partial charge in [-0.2, -0.15) is 5.10 Å². The summed E-state index contributed by atoms with van der Waals surface area (Å²) in [5.74, 6) is -0.193. The highest BCUT2D eigenvalue weighted by molar-refractivity contribution is 6.30. The number of hydrogen-bond acceptors (Lipinski definition) is 5. The summed E-state index contributed by atoms with van der Waals surface area (Å²) in [6.07, 6.45) is 6.53. The van der Waals surface area contributed by atoms with Gasteiger partial charge in [0.05, 0.1) is 25.3 Å². The number of halogens is 1. The third-order valence-corrected chi connectivity index (χ3v) is 6.14. The van der Waals surface area contributed by atoms with Gasteiger partial charge in [0, 0.05) is 41.5 Å². The highest BCUT2D eigenvalue weighted by Gasteiger charge is 2.23. The molecule has 2 aromatic rings. The Kier molecular flexibility index (Phi) is 8.04. The van der Waals surface area contributed by atoms with Crippen LogP contribution in [0.25, 0.3) is 12.2 Å². The van der Waals surface area contributed by atoms with E-state index in [2.05, 4.69) is 4.90 Å². The Hall–Kier alpha value is -2.44. The van der Waals surface area contributed by atoms with Crippen LogP contribution >= 0.6 is 11.6 Å². The summed E-state index contributed by atoms with van der Waals surface area (Å²) in [6.45, 7) is 6.18. The van der Waals surface area contributed by atoms with Crippen molar-refractivity contribution in [2.24, 2.45) is 0 Å². The van der Waals surface area contributed by atoms with Crippen molar-refractivity contribution in [3.05, 3.63) is 61.3 Å². The number of likely N-dealkylation sites (tertiary alicyclic amines) is 1. The van der Waals surface area contributed by atoms with E-state index in [4.69, 9.17) is 21.4 Å². The maximum atomic E-state index is 13.2. The van der Waals surface area contributed by atoms with Crippen LogP contribution < -0.4 is 16.0 Å². The van der Waals surface area contributed by atoms with Crippen LogP contribution in [-0.2, 0) is 16.0 Å². The molecule has 166 valence electrons. The number of piperidine rings is 1. The standard InChI is InChI=1S/C24H30ClN3O3/c1-4-20-21(5-2)24(30)28(26-22(20)16-17-6-8-18(25)9-7-17)19-10-13-27(14-11-19)15-12-23(29)31-3/h4-9,19H,10-16H2,1-3H3/b20-4+,21-5+. The number of ether oxygens (including phenoxy) is 1. The van der Waals surface area contributed by atoms with Gasteiger partial charge in [0.15, 0.2) is 0 Å². The van der Waals surface area contributed by atoms with E-state index in [0.29, 0.717) is 29.6 Å². The lowest BCUT2D eigenvalue weighted by Gasteiger charge is -2.32. The molecule has 0 radical (unpaired) electrons. The van der Waals surface area contributed by atoms with Crippen LogP contribution in [-0.4, -0.2) is 47.4 Å². The van der Waals surface area contributed by atoms with Gasteiger partial charge in [0.2, 0.25) is 0 Å². The molecule has 0 spiro atoms. The van der Waals surface area contributed by atoms with Gasteiger partial charge in [0.1, 0.15) is 0 Å². The van der Waals surface area contributed by atoms with Crippen LogP contribution in [0.3, 0.4) is 0 Å². The summed E-state index contributed by atoms with van der Waals surface area (Å²) in [6, 6.07) is 7.79. The molecule has 3 rings (SSSR count). The summed E-state index contributed by atoms with van der Waals surface area (Å²) in [4.78, 5) is 26.9. The second kappa shape index (κ2) is 10.7. The predicted molar refractivity (Wildman–Crippen MR) is 124 cm³/mol. The summed E-state index contributed by atoms with van der Waals surface area (Å²) in [7, 11) is 1.41.